The number of nitrogens with zero attached hydrogens (tertiary/aromatic N) is 2. The molecular formula is C19H30N2O3S. The van der Waals surface area contributed by atoms with Gasteiger partial charge in [0, 0.05) is 32.1 Å². The molecule has 0 N–H and O–H groups in total. The van der Waals surface area contributed by atoms with Crippen molar-refractivity contribution in [3.63, 3.8) is 0 Å². The fourth-order valence-electron chi connectivity index (χ4n) is 3.11. The lowest BCUT2D eigenvalue weighted by Gasteiger charge is -2.24. The quantitative estimate of drug-likeness (QED) is 0.823. The van der Waals surface area contributed by atoms with Crippen molar-refractivity contribution in [2.75, 3.05) is 26.2 Å². The molecule has 1 aliphatic heterocycles. The standard InChI is InChI=1S/C19H30N2O3S/c1-14(2)17-8-7-16(5)18(13-17)25(23,24)21-10-6-9-20(11-12-21)19(22)15(3)4/h7-8,13-15H,6,9-12H2,1-5H3. The van der Waals surface area contributed by atoms with Crippen molar-refractivity contribution in [2.45, 2.75) is 51.9 Å². The van der Waals surface area contributed by atoms with Crippen LogP contribution in [0, 0.1) is 12.8 Å². The average molecular weight is 367 g/mol. The van der Waals surface area contributed by atoms with Crippen molar-refractivity contribution in [1.82, 2.24) is 9.21 Å². The van der Waals surface area contributed by atoms with Crippen LogP contribution in [0.2, 0.25) is 0 Å². The molecule has 5 nitrogen and oxygen atoms in total. The molecule has 0 radical (unpaired) electrons. The van der Waals surface area contributed by atoms with Gasteiger partial charge in [-0.3, -0.25) is 4.79 Å². The summed E-state index contributed by atoms with van der Waals surface area (Å²) < 4.78 is 27.9. The summed E-state index contributed by atoms with van der Waals surface area (Å²) in [5.74, 6) is 0.309. The van der Waals surface area contributed by atoms with Gasteiger partial charge in [-0.05, 0) is 36.5 Å². The van der Waals surface area contributed by atoms with Crippen LogP contribution in [0.1, 0.15) is 51.2 Å². The van der Waals surface area contributed by atoms with Crippen LogP contribution in [0.3, 0.4) is 0 Å². The van der Waals surface area contributed by atoms with Crippen LogP contribution in [-0.2, 0) is 14.8 Å². The first-order valence-electron chi connectivity index (χ1n) is 9.04. The molecule has 6 heteroatoms. The number of hydrogen-bond donors (Lipinski definition) is 0. The lowest BCUT2D eigenvalue weighted by Crippen LogP contribution is -2.39. The molecule has 1 aromatic carbocycles. The molecule has 0 aromatic heterocycles. The predicted octanol–water partition coefficient (Wildman–Crippen LogP) is 3.00. The number of carbonyl (C=O) groups excluding carboxylic acids is 1. The summed E-state index contributed by atoms with van der Waals surface area (Å²) in [7, 11) is -3.55. The SMILES string of the molecule is Cc1ccc(C(C)C)cc1S(=O)(=O)N1CCCN(C(=O)C(C)C)CC1. The summed E-state index contributed by atoms with van der Waals surface area (Å²) in [6.07, 6.45) is 0.667. The maximum Gasteiger partial charge on any atom is 0.243 e. The minimum Gasteiger partial charge on any atom is -0.341 e. The fraction of sp³-hybridized carbons (Fsp3) is 0.632. The maximum absolute atomic E-state index is 13.2. The van der Waals surface area contributed by atoms with Gasteiger partial charge < -0.3 is 4.90 Å². The first-order valence-corrected chi connectivity index (χ1v) is 10.5. The van der Waals surface area contributed by atoms with Gasteiger partial charge in [-0.2, -0.15) is 4.31 Å². The molecule has 1 aromatic rings. The third kappa shape index (κ3) is 4.42. The highest BCUT2D eigenvalue weighted by atomic mass is 32.2. The van der Waals surface area contributed by atoms with Crippen molar-refractivity contribution in [3.8, 4) is 0 Å². The summed E-state index contributed by atoms with van der Waals surface area (Å²) in [6.45, 7) is 11.6. The van der Waals surface area contributed by atoms with E-state index in [1.807, 2.05) is 32.9 Å². The van der Waals surface area contributed by atoms with E-state index in [-0.39, 0.29) is 17.7 Å². The zero-order valence-electron chi connectivity index (χ0n) is 15.9. The molecule has 0 saturated carbocycles. The van der Waals surface area contributed by atoms with Crippen molar-refractivity contribution < 1.29 is 13.2 Å². The minimum atomic E-state index is -3.55. The number of carbonyl (C=O) groups is 1. The van der Waals surface area contributed by atoms with Gasteiger partial charge >= 0.3 is 0 Å². The van der Waals surface area contributed by atoms with Crippen LogP contribution in [-0.4, -0.2) is 49.7 Å². The number of rotatable bonds is 4. The van der Waals surface area contributed by atoms with E-state index in [4.69, 9.17) is 0 Å². The number of benzene rings is 1. The van der Waals surface area contributed by atoms with Crippen molar-refractivity contribution in [1.29, 1.82) is 0 Å². The third-order valence-corrected chi connectivity index (χ3v) is 6.80. The number of amides is 1. The number of hydrogen-bond acceptors (Lipinski definition) is 3. The molecule has 1 aliphatic rings. The van der Waals surface area contributed by atoms with Crippen LogP contribution in [0.5, 0.6) is 0 Å². The average Bonchev–Trinajstić information content (AvgIpc) is 2.80. The van der Waals surface area contributed by atoms with E-state index in [9.17, 15) is 13.2 Å². The Morgan fingerprint density at radius 3 is 2.32 bits per heavy atom. The summed E-state index contributed by atoms with van der Waals surface area (Å²) >= 11 is 0. The maximum atomic E-state index is 13.2. The molecule has 1 amide bonds. The second-order valence-electron chi connectivity index (χ2n) is 7.42. The largest absolute Gasteiger partial charge is 0.341 e. The van der Waals surface area contributed by atoms with E-state index >= 15 is 0 Å². The van der Waals surface area contributed by atoms with Gasteiger partial charge in [0.25, 0.3) is 0 Å². The first-order chi connectivity index (χ1) is 11.6. The van der Waals surface area contributed by atoms with Crippen molar-refractivity contribution in [2.24, 2.45) is 5.92 Å². The van der Waals surface area contributed by atoms with E-state index in [0.717, 1.165) is 11.1 Å². The van der Waals surface area contributed by atoms with Gasteiger partial charge in [-0.15, -0.1) is 0 Å². The molecule has 25 heavy (non-hydrogen) atoms. The minimum absolute atomic E-state index is 0.0619. The van der Waals surface area contributed by atoms with E-state index in [0.29, 0.717) is 37.5 Å². The topological polar surface area (TPSA) is 57.7 Å². The summed E-state index contributed by atoms with van der Waals surface area (Å²) in [5, 5.41) is 0. The van der Waals surface area contributed by atoms with Crippen LogP contribution >= 0.6 is 0 Å². The highest BCUT2D eigenvalue weighted by Gasteiger charge is 2.30. The van der Waals surface area contributed by atoms with E-state index in [2.05, 4.69) is 13.8 Å². The molecule has 1 fully saturated rings. The molecule has 0 spiro atoms. The zero-order valence-corrected chi connectivity index (χ0v) is 16.8. The van der Waals surface area contributed by atoms with Crippen molar-refractivity contribution >= 4 is 15.9 Å². The number of aryl methyl sites for hydroxylation is 1. The lowest BCUT2D eigenvalue weighted by atomic mass is 10.0. The molecule has 2 rings (SSSR count). The highest BCUT2D eigenvalue weighted by Crippen LogP contribution is 2.25. The molecule has 1 saturated heterocycles. The fourth-order valence-corrected chi connectivity index (χ4v) is 4.84. The van der Waals surface area contributed by atoms with Crippen LogP contribution < -0.4 is 0 Å². The van der Waals surface area contributed by atoms with Gasteiger partial charge in [0.1, 0.15) is 0 Å². The molecular weight excluding hydrogens is 336 g/mol. The Bertz CT molecular complexity index is 726. The lowest BCUT2D eigenvalue weighted by molar-refractivity contribution is -0.134. The zero-order chi connectivity index (χ0) is 18.8. The third-order valence-electron chi connectivity index (χ3n) is 4.76. The Morgan fingerprint density at radius 1 is 1.04 bits per heavy atom. The van der Waals surface area contributed by atoms with Crippen LogP contribution in [0.15, 0.2) is 23.1 Å². The van der Waals surface area contributed by atoms with Crippen LogP contribution in [0.25, 0.3) is 0 Å². The normalized spacial score (nSPS) is 17.2. The Morgan fingerprint density at radius 2 is 1.72 bits per heavy atom. The second-order valence-corrected chi connectivity index (χ2v) is 9.32. The van der Waals surface area contributed by atoms with Gasteiger partial charge in [0.2, 0.25) is 15.9 Å². The second kappa shape index (κ2) is 7.87. The van der Waals surface area contributed by atoms with Crippen molar-refractivity contribution in [3.05, 3.63) is 29.3 Å². The predicted molar refractivity (Wildman–Crippen MR) is 100 cm³/mol. The Labute approximate surface area is 152 Å². The molecule has 0 aliphatic carbocycles. The van der Waals surface area contributed by atoms with Crippen LogP contribution in [0.4, 0.5) is 0 Å². The van der Waals surface area contributed by atoms with E-state index < -0.39 is 10.0 Å². The molecule has 1 heterocycles. The molecule has 140 valence electrons. The first kappa shape index (κ1) is 19.9. The summed E-state index contributed by atoms with van der Waals surface area (Å²) in [5.41, 5.74) is 1.79. The van der Waals surface area contributed by atoms with Gasteiger partial charge in [-0.1, -0.05) is 39.8 Å². The van der Waals surface area contributed by atoms with Gasteiger partial charge in [0.15, 0.2) is 0 Å². The summed E-state index contributed by atoms with van der Waals surface area (Å²) in [6, 6.07) is 5.68. The van der Waals surface area contributed by atoms with E-state index in [1.165, 1.54) is 4.31 Å². The van der Waals surface area contributed by atoms with E-state index in [1.54, 1.807) is 11.0 Å². The van der Waals surface area contributed by atoms with Gasteiger partial charge in [0.05, 0.1) is 4.90 Å². The molecule has 0 bridgehead atoms. The Kier molecular flexibility index (Phi) is 6.27. The highest BCUT2D eigenvalue weighted by molar-refractivity contribution is 7.89. The Balaban J connectivity index is 2.26. The number of sulfonamides is 1. The molecule has 0 unspecified atom stereocenters. The Hall–Kier alpha value is -1.40. The molecule has 0 atom stereocenters. The summed E-state index contributed by atoms with van der Waals surface area (Å²) in [4.78, 5) is 14.4. The van der Waals surface area contributed by atoms with Gasteiger partial charge in [-0.25, -0.2) is 8.42 Å². The monoisotopic (exact) mass is 366 g/mol. The smallest absolute Gasteiger partial charge is 0.243 e.